The van der Waals surface area contributed by atoms with E-state index in [4.69, 9.17) is 32.7 Å². The Morgan fingerprint density at radius 2 is 1.71 bits per heavy atom. The van der Waals surface area contributed by atoms with E-state index in [2.05, 4.69) is 0 Å². The van der Waals surface area contributed by atoms with Crippen molar-refractivity contribution in [3.8, 4) is 5.75 Å². The standard InChI is InChI=1S/C26H29Cl2FN2O6S/c1-36-26(33)24(17-9-18(27)11-19(28)10-17)31-7-5-15(6-8-31)14-37-23-13-22(29)21(12-20(23)16-3-4-16)25(32)30-38(2,34)35/h9-13,15-16,24H,3-8,14H2,1-2H3,(H,30,32). The number of sulfonamides is 1. The molecule has 1 amide bonds. The highest BCUT2D eigenvalue weighted by Gasteiger charge is 2.34. The van der Waals surface area contributed by atoms with Crippen molar-refractivity contribution in [2.75, 3.05) is 33.1 Å². The van der Waals surface area contributed by atoms with E-state index in [1.54, 1.807) is 18.2 Å². The highest BCUT2D eigenvalue weighted by atomic mass is 35.5. The molecule has 4 rings (SSSR count). The van der Waals surface area contributed by atoms with Gasteiger partial charge in [-0.1, -0.05) is 23.2 Å². The molecule has 1 saturated heterocycles. The Morgan fingerprint density at radius 1 is 1.08 bits per heavy atom. The molecule has 1 aliphatic carbocycles. The van der Waals surface area contributed by atoms with Gasteiger partial charge in [-0.25, -0.2) is 22.3 Å². The smallest absolute Gasteiger partial charge is 0.327 e. The minimum Gasteiger partial charge on any atom is -0.493 e. The summed E-state index contributed by atoms with van der Waals surface area (Å²) in [6.45, 7) is 1.55. The molecule has 2 aromatic carbocycles. The van der Waals surface area contributed by atoms with Crippen molar-refractivity contribution in [2.24, 2.45) is 5.92 Å². The van der Waals surface area contributed by atoms with E-state index in [0.717, 1.165) is 38.0 Å². The summed E-state index contributed by atoms with van der Waals surface area (Å²) in [4.78, 5) is 26.9. The number of rotatable bonds is 9. The first-order valence-corrected chi connectivity index (χ1v) is 14.9. The molecule has 2 fully saturated rings. The van der Waals surface area contributed by atoms with Crippen LogP contribution in [0.4, 0.5) is 4.39 Å². The molecule has 38 heavy (non-hydrogen) atoms. The number of ether oxygens (including phenoxy) is 2. The number of hydrogen-bond acceptors (Lipinski definition) is 7. The quantitative estimate of drug-likeness (QED) is 0.425. The summed E-state index contributed by atoms with van der Waals surface area (Å²) in [5.41, 5.74) is 1.03. The fourth-order valence-electron chi connectivity index (χ4n) is 4.73. The molecule has 0 radical (unpaired) electrons. The second kappa shape index (κ2) is 11.8. The van der Waals surface area contributed by atoms with Gasteiger partial charge in [-0.15, -0.1) is 0 Å². The monoisotopic (exact) mass is 586 g/mol. The third-order valence-corrected chi connectivity index (χ3v) is 7.75. The highest BCUT2D eigenvalue weighted by molar-refractivity contribution is 7.89. The highest BCUT2D eigenvalue weighted by Crippen LogP contribution is 2.45. The molecule has 1 saturated carbocycles. The summed E-state index contributed by atoms with van der Waals surface area (Å²) in [7, 11) is -2.48. The molecule has 0 spiro atoms. The Hall–Kier alpha value is -2.40. The average Bonchev–Trinajstić information content (AvgIpc) is 3.67. The number of halogens is 3. The molecule has 1 N–H and O–H groups in total. The second-order valence-corrected chi connectivity index (χ2v) is 12.4. The van der Waals surface area contributed by atoms with Crippen LogP contribution in [-0.4, -0.2) is 58.3 Å². The fraction of sp³-hybridized carbons (Fsp3) is 0.462. The Kier molecular flexibility index (Phi) is 8.86. The van der Waals surface area contributed by atoms with Crippen LogP contribution >= 0.6 is 23.2 Å². The van der Waals surface area contributed by atoms with Gasteiger partial charge in [-0.2, -0.15) is 0 Å². The van der Waals surface area contributed by atoms with Gasteiger partial charge in [0.25, 0.3) is 5.91 Å². The first kappa shape index (κ1) is 28.6. The number of benzene rings is 2. The van der Waals surface area contributed by atoms with Crippen molar-refractivity contribution >= 4 is 45.1 Å². The second-order valence-electron chi connectivity index (χ2n) is 9.77. The van der Waals surface area contributed by atoms with Crippen LogP contribution in [0.15, 0.2) is 30.3 Å². The maximum Gasteiger partial charge on any atom is 0.327 e. The molecular weight excluding hydrogens is 558 g/mol. The number of hydrogen-bond donors (Lipinski definition) is 1. The fourth-order valence-corrected chi connectivity index (χ4v) is 5.72. The van der Waals surface area contributed by atoms with Crippen molar-refractivity contribution in [1.82, 2.24) is 9.62 Å². The van der Waals surface area contributed by atoms with Crippen LogP contribution in [0.5, 0.6) is 5.75 Å². The maximum atomic E-state index is 14.8. The number of amides is 1. The molecule has 2 aromatic rings. The summed E-state index contributed by atoms with van der Waals surface area (Å²) in [6.07, 6.45) is 4.08. The third-order valence-electron chi connectivity index (χ3n) is 6.75. The largest absolute Gasteiger partial charge is 0.493 e. The van der Waals surface area contributed by atoms with Crippen molar-refractivity contribution < 1.29 is 31.9 Å². The summed E-state index contributed by atoms with van der Waals surface area (Å²) in [6, 6.07) is 6.93. The van der Waals surface area contributed by atoms with Crippen molar-refractivity contribution in [2.45, 2.75) is 37.6 Å². The van der Waals surface area contributed by atoms with E-state index in [1.807, 2.05) is 9.62 Å². The number of esters is 1. The number of nitrogens with one attached hydrogen (secondary N) is 1. The molecule has 1 aliphatic heterocycles. The van der Waals surface area contributed by atoms with E-state index >= 15 is 0 Å². The van der Waals surface area contributed by atoms with Gasteiger partial charge in [0.1, 0.15) is 17.6 Å². The first-order chi connectivity index (χ1) is 17.9. The SMILES string of the molecule is COC(=O)C(c1cc(Cl)cc(Cl)c1)N1CCC(COc2cc(F)c(C(=O)NS(C)(=O)=O)cc2C2CC2)CC1. The Morgan fingerprint density at radius 3 is 2.26 bits per heavy atom. The number of methoxy groups -OCH3 is 1. The van der Waals surface area contributed by atoms with Crippen LogP contribution in [0.25, 0.3) is 0 Å². The van der Waals surface area contributed by atoms with E-state index in [9.17, 15) is 22.4 Å². The number of carbonyl (C=O) groups excluding carboxylic acids is 2. The summed E-state index contributed by atoms with van der Waals surface area (Å²) >= 11 is 12.3. The zero-order chi connectivity index (χ0) is 27.6. The number of nitrogens with zero attached hydrogens (tertiary/aromatic N) is 1. The average molecular weight is 587 g/mol. The predicted octanol–water partition coefficient (Wildman–Crippen LogP) is 4.70. The molecule has 2 aliphatic rings. The minimum atomic E-state index is -3.82. The van der Waals surface area contributed by atoms with Gasteiger partial charge in [0.15, 0.2) is 0 Å². The third kappa shape index (κ3) is 7.16. The Balaban J connectivity index is 1.42. The number of carbonyl (C=O) groups is 2. The molecule has 12 heteroatoms. The zero-order valence-corrected chi connectivity index (χ0v) is 23.3. The van der Waals surface area contributed by atoms with Crippen LogP contribution < -0.4 is 9.46 Å². The lowest BCUT2D eigenvalue weighted by Gasteiger charge is -2.36. The topological polar surface area (TPSA) is 102 Å². The maximum absolute atomic E-state index is 14.8. The lowest BCUT2D eigenvalue weighted by Crippen LogP contribution is -2.41. The van der Waals surface area contributed by atoms with E-state index in [-0.39, 0.29) is 17.4 Å². The molecule has 1 heterocycles. The molecule has 1 atom stereocenters. The Bertz CT molecular complexity index is 1310. The minimum absolute atomic E-state index is 0.141. The van der Waals surface area contributed by atoms with Gasteiger partial charge in [0.05, 0.1) is 25.5 Å². The Labute approximate surface area is 231 Å². The van der Waals surface area contributed by atoms with Gasteiger partial charge < -0.3 is 9.47 Å². The van der Waals surface area contributed by atoms with Crippen LogP contribution in [-0.2, 0) is 19.6 Å². The summed E-state index contributed by atoms with van der Waals surface area (Å²) < 4.78 is 50.5. The lowest BCUT2D eigenvalue weighted by atomic mass is 9.94. The van der Waals surface area contributed by atoms with Gasteiger partial charge >= 0.3 is 5.97 Å². The van der Waals surface area contributed by atoms with Crippen molar-refractivity contribution in [3.05, 3.63) is 62.9 Å². The lowest BCUT2D eigenvalue weighted by molar-refractivity contribution is -0.148. The summed E-state index contributed by atoms with van der Waals surface area (Å²) in [5.74, 6) is -1.58. The summed E-state index contributed by atoms with van der Waals surface area (Å²) in [5, 5.41) is 0.867. The van der Waals surface area contributed by atoms with Crippen LogP contribution in [0.1, 0.15) is 59.1 Å². The van der Waals surface area contributed by atoms with Crippen LogP contribution in [0, 0.1) is 11.7 Å². The van der Waals surface area contributed by atoms with Crippen LogP contribution in [0.2, 0.25) is 10.0 Å². The van der Waals surface area contributed by atoms with E-state index < -0.39 is 33.8 Å². The number of likely N-dealkylation sites (tertiary alicyclic amines) is 1. The number of piperidine rings is 1. The van der Waals surface area contributed by atoms with E-state index in [0.29, 0.717) is 46.6 Å². The van der Waals surface area contributed by atoms with Gasteiger partial charge in [-0.3, -0.25) is 9.69 Å². The van der Waals surface area contributed by atoms with E-state index in [1.165, 1.54) is 13.2 Å². The zero-order valence-electron chi connectivity index (χ0n) is 21.0. The first-order valence-electron chi connectivity index (χ1n) is 12.2. The van der Waals surface area contributed by atoms with Crippen LogP contribution in [0.3, 0.4) is 0 Å². The van der Waals surface area contributed by atoms with Gasteiger partial charge in [0.2, 0.25) is 10.0 Å². The van der Waals surface area contributed by atoms with Gasteiger partial charge in [0, 0.05) is 16.1 Å². The molecular formula is C26H29Cl2FN2O6S. The predicted molar refractivity (Wildman–Crippen MR) is 142 cm³/mol. The van der Waals surface area contributed by atoms with Gasteiger partial charge in [-0.05, 0) is 86.0 Å². The molecule has 206 valence electrons. The molecule has 0 aromatic heterocycles. The molecule has 1 unspecified atom stereocenters. The molecule has 0 bridgehead atoms. The van der Waals surface area contributed by atoms with Crippen molar-refractivity contribution in [3.63, 3.8) is 0 Å². The molecule has 8 nitrogen and oxygen atoms in total. The normalized spacial score (nSPS) is 17.6. The van der Waals surface area contributed by atoms with Crippen molar-refractivity contribution in [1.29, 1.82) is 0 Å².